The first-order chi connectivity index (χ1) is 8.17. The lowest BCUT2D eigenvalue weighted by molar-refractivity contribution is 0.628. The molecule has 0 saturated carbocycles. The first-order valence-corrected chi connectivity index (χ1v) is 5.61. The first-order valence-electron chi connectivity index (χ1n) is 5.23. The van der Waals surface area contributed by atoms with Gasteiger partial charge in [-0.3, -0.25) is 0 Å². The molecule has 0 saturated heterocycles. The number of hydrogen-bond donors (Lipinski definition) is 1. The van der Waals surface area contributed by atoms with Crippen LogP contribution < -0.4 is 5.32 Å². The number of benzene rings is 1. The number of nitrogens with one attached hydrogen (secondary N) is 1. The fourth-order valence-corrected chi connectivity index (χ4v) is 1.57. The minimum absolute atomic E-state index is 0.281. The largest absolute Gasteiger partial charge is 0.324 e. The number of anilines is 2. The van der Waals surface area contributed by atoms with E-state index in [0.29, 0.717) is 11.1 Å². The SMILES string of the molecule is CCc1cc(Cl)nc(Nc2ccc(F)cc2)n1. The summed E-state index contributed by atoms with van der Waals surface area (Å²) in [5.41, 5.74) is 1.57. The summed E-state index contributed by atoms with van der Waals surface area (Å²) in [7, 11) is 0. The van der Waals surface area contributed by atoms with Crippen molar-refractivity contribution in [2.75, 3.05) is 5.32 Å². The predicted molar refractivity (Wildman–Crippen MR) is 66.1 cm³/mol. The van der Waals surface area contributed by atoms with E-state index in [1.807, 2.05) is 6.92 Å². The highest BCUT2D eigenvalue weighted by molar-refractivity contribution is 6.29. The third kappa shape index (κ3) is 3.14. The van der Waals surface area contributed by atoms with Crippen molar-refractivity contribution in [1.82, 2.24) is 9.97 Å². The third-order valence-corrected chi connectivity index (χ3v) is 2.40. The molecule has 0 radical (unpaired) electrons. The van der Waals surface area contributed by atoms with Crippen molar-refractivity contribution in [2.45, 2.75) is 13.3 Å². The van der Waals surface area contributed by atoms with Crippen LogP contribution in [-0.4, -0.2) is 9.97 Å². The van der Waals surface area contributed by atoms with Crippen LogP contribution in [0.25, 0.3) is 0 Å². The lowest BCUT2D eigenvalue weighted by atomic mass is 10.3. The van der Waals surface area contributed by atoms with Gasteiger partial charge in [0.1, 0.15) is 11.0 Å². The summed E-state index contributed by atoms with van der Waals surface area (Å²) in [5, 5.41) is 3.36. The molecule has 0 fully saturated rings. The highest BCUT2D eigenvalue weighted by Crippen LogP contribution is 2.16. The van der Waals surface area contributed by atoms with E-state index in [0.717, 1.165) is 17.8 Å². The summed E-state index contributed by atoms with van der Waals surface area (Å²) in [6.45, 7) is 1.99. The van der Waals surface area contributed by atoms with E-state index in [9.17, 15) is 4.39 Å². The minimum Gasteiger partial charge on any atom is -0.324 e. The molecule has 17 heavy (non-hydrogen) atoms. The zero-order valence-corrected chi connectivity index (χ0v) is 10.0. The van der Waals surface area contributed by atoms with E-state index in [2.05, 4.69) is 15.3 Å². The van der Waals surface area contributed by atoms with Gasteiger partial charge >= 0.3 is 0 Å². The lowest BCUT2D eigenvalue weighted by Crippen LogP contribution is -2.00. The predicted octanol–water partition coefficient (Wildman–Crippen LogP) is 3.58. The van der Waals surface area contributed by atoms with Gasteiger partial charge < -0.3 is 5.32 Å². The van der Waals surface area contributed by atoms with Crippen LogP contribution in [0.1, 0.15) is 12.6 Å². The second-order valence-corrected chi connectivity index (χ2v) is 3.88. The van der Waals surface area contributed by atoms with E-state index >= 15 is 0 Å². The zero-order chi connectivity index (χ0) is 12.3. The molecule has 1 aromatic heterocycles. The van der Waals surface area contributed by atoms with Gasteiger partial charge in [-0.1, -0.05) is 18.5 Å². The molecule has 0 aliphatic carbocycles. The van der Waals surface area contributed by atoms with Gasteiger partial charge in [0, 0.05) is 11.4 Å². The standard InChI is InChI=1S/C12H11ClFN3/c1-2-9-7-11(13)17-12(15-9)16-10-5-3-8(14)4-6-10/h3-7H,2H2,1H3,(H,15,16,17). The molecule has 5 heteroatoms. The van der Waals surface area contributed by atoms with Crippen molar-refractivity contribution < 1.29 is 4.39 Å². The molecular weight excluding hydrogens is 241 g/mol. The normalized spacial score (nSPS) is 10.3. The van der Waals surface area contributed by atoms with Crippen LogP contribution in [0.5, 0.6) is 0 Å². The van der Waals surface area contributed by atoms with Crippen molar-refractivity contribution in [3.63, 3.8) is 0 Å². The van der Waals surface area contributed by atoms with Crippen LogP contribution in [0.3, 0.4) is 0 Å². The molecule has 1 heterocycles. The van der Waals surface area contributed by atoms with E-state index in [4.69, 9.17) is 11.6 Å². The number of hydrogen-bond acceptors (Lipinski definition) is 3. The summed E-state index contributed by atoms with van der Waals surface area (Å²) in [5.74, 6) is 0.137. The van der Waals surface area contributed by atoms with E-state index < -0.39 is 0 Å². The quantitative estimate of drug-likeness (QED) is 0.848. The van der Waals surface area contributed by atoms with Crippen LogP contribution >= 0.6 is 11.6 Å². The molecule has 1 N–H and O–H groups in total. The first kappa shape index (κ1) is 11.8. The van der Waals surface area contributed by atoms with Gasteiger partial charge in [-0.15, -0.1) is 0 Å². The molecule has 88 valence electrons. The van der Waals surface area contributed by atoms with Crippen molar-refractivity contribution in [1.29, 1.82) is 0 Å². The Bertz CT molecular complexity index is 514. The average molecular weight is 252 g/mol. The third-order valence-electron chi connectivity index (χ3n) is 2.21. The maximum atomic E-state index is 12.7. The van der Waals surface area contributed by atoms with Crippen LogP contribution in [-0.2, 0) is 6.42 Å². The van der Waals surface area contributed by atoms with E-state index in [1.54, 1.807) is 18.2 Å². The Morgan fingerprint density at radius 1 is 1.24 bits per heavy atom. The van der Waals surface area contributed by atoms with Crippen molar-refractivity contribution in [3.05, 3.63) is 47.0 Å². The summed E-state index contributed by atoms with van der Waals surface area (Å²) < 4.78 is 12.7. The molecule has 0 unspecified atom stereocenters. The van der Waals surface area contributed by atoms with Crippen LogP contribution in [0.4, 0.5) is 16.0 Å². The van der Waals surface area contributed by atoms with Gasteiger partial charge in [-0.25, -0.2) is 14.4 Å². The molecule has 0 atom stereocenters. The van der Waals surface area contributed by atoms with Crippen molar-refractivity contribution >= 4 is 23.2 Å². The fraction of sp³-hybridized carbons (Fsp3) is 0.167. The Labute approximate surface area is 104 Å². The average Bonchev–Trinajstić information content (AvgIpc) is 2.31. The highest BCUT2D eigenvalue weighted by Gasteiger charge is 2.02. The molecular formula is C12H11ClFN3. The number of rotatable bonds is 3. The smallest absolute Gasteiger partial charge is 0.228 e. The Morgan fingerprint density at radius 2 is 1.94 bits per heavy atom. The molecule has 0 aliphatic heterocycles. The van der Waals surface area contributed by atoms with Crippen LogP contribution in [0.15, 0.2) is 30.3 Å². The van der Waals surface area contributed by atoms with Crippen molar-refractivity contribution in [2.24, 2.45) is 0 Å². The van der Waals surface area contributed by atoms with Gasteiger partial charge in [0.05, 0.1) is 0 Å². The Morgan fingerprint density at radius 3 is 2.59 bits per heavy atom. The minimum atomic E-state index is -0.281. The fourth-order valence-electron chi connectivity index (χ4n) is 1.36. The molecule has 2 aromatic rings. The Kier molecular flexibility index (Phi) is 3.54. The molecule has 1 aromatic carbocycles. The Balaban J connectivity index is 2.23. The van der Waals surface area contributed by atoms with Crippen molar-refractivity contribution in [3.8, 4) is 0 Å². The summed E-state index contributed by atoms with van der Waals surface area (Å²) >= 11 is 5.87. The topological polar surface area (TPSA) is 37.8 Å². The van der Waals surface area contributed by atoms with E-state index in [-0.39, 0.29) is 5.82 Å². The van der Waals surface area contributed by atoms with Crippen LogP contribution in [0, 0.1) is 5.82 Å². The maximum Gasteiger partial charge on any atom is 0.228 e. The summed E-state index contributed by atoms with van der Waals surface area (Å²) in [6.07, 6.45) is 0.778. The summed E-state index contributed by atoms with van der Waals surface area (Å²) in [4.78, 5) is 8.32. The van der Waals surface area contributed by atoms with E-state index in [1.165, 1.54) is 12.1 Å². The van der Waals surface area contributed by atoms with Crippen LogP contribution in [0.2, 0.25) is 5.15 Å². The maximum absolute atomic E-state index is 12.7. The van der Waals surface area contributed by atoms with Gasteiger partial charge in [0.2, 0.25) is 5.95 Å². The lowest BCUT2D eigenvalue weighted by Gasteiger charge is -2.06. The number of aryl methyl sites for hydroxylation is 1. The summed E-state index contributed by atoms with van der Waals surface area (Å²) in [6, 6.07) is 7.69. The van der Waals surface area contributed by atoms with Gasteiger partial charge in [-0.05, 0) is 36.8 Å². The second kappa shape index (κ2) is 5.10. The molecule has 0 spiro atoms. The Hall–Kier alpha value is -1.68. The van der Waals surface area contributed by atoms with Gasteiger partial charge in [-0.2, -0.15) is 0 Å². The number of nitrogens with zero attached hydrogens (tertiary/aromatic N) is 2. The van der Waals surface area contributed by atoms with Gasteiger partial charge in [0.25, 0.3) is 0 Å². The zero-order valence-electron chi connectivity index (χ0n) is 9.24. The second-order valence-electron chi connectivity index (χ2n) is 3.49. The number of halogens is 2. The molecule has 0 bridgehead atoms. The molecule has 0 amide bonds. The molecule has 2 rings (SSSR count). The highest BCUT2D eigenvalue weighted by atomic mass is 35.5. The molecule has 0 aliphatic rings. The number of aromatic nitrogens is 2. The molecule has 3 nitrogen and oxygen atoms in total. The van der Waals surface area contributed by atoms with Gasteiger partial charge in [0.15, 0.2) is 0 Å². The monoisotopic (exact) mass is 251 g/mol.